The van der Waals surface area contributed by atoms with E-state index < -0.39 is 0 Å². The molecule has 1 unspecified atom stereocenters. The van der Waals surface area contributed by atoms with Gasteiger partial charge in [-0.1, -0.05) is 30.3 Å². The van der Waals surface area contributed by atoms with Crippen molar-refractivity contribution in [2.24, 2.45) is 10.2 Å². The summed E-state index contributed by atoms with van der Waals surface area (Å²) in [5.41, 5.74) is 0.859. The molecule has 2 heterocycles. The van der Waals surface area contributed by atoms with Crippen LogP contribution in [-0.4, -0.2) is 42.3 Å². The Kier molecular flexibility index (Phi) is 5.27. The molecule has 1 aromatic carbocycles. The van der Waals surface area contributed by atoms with Gasteiger partial charge >= 0.3 is 0 Å². The molecule has 2 aliphatic rings. The topological polar surface area (TPSA) is 54.3 Å². The van der Waals surface area contributed by atoms with Gasteiger partial charge in [-0.3, -0.25) is 4.79 Å². The van der Waals surface area contributed by atoms with Gasteiger partial charge in [0.2, 0.25) is 5.91 Å². The zero-order valence-corrected chi connectivity index (χ0v) is 13.9. The molecule has 1 amide bonds. The molecular formula is C19H23N3O2. The van der Waals surface area contributed by atoms with E-state index in [0.29, 0.717) is 39.0 Å². The van der Waals surface area contributed by atoms with Crippen molar-refractivity contribution in [2.75, 3.05) is 19.7 Å². The molecule has 2 aliphatic heterocycles. The predicted octanol–water partition coefficient (Wildman–Crippen LogP) is 2.81. The van der Waals surface area contributed by atoms with Crippen molar-refractivity contribution < 1.29 is 9.53 Å². The molecule has 1 aromatic rings. The van der Waals surface area contributed by atoms with Gasteiger partial charge in [-0.15, -0.1) is 12.3 Å². The number of amides is 1. The van der Waals surface area contributed by atoms with Gasteiger partial charge in [-0.2, -0.15) is 10.2 Å². The summed E-state index contributed by atoms with van der Waals surface area (Å²) in [6.45, 7) is 1.91. The number of benzene rings is 1. The van der Waals surface area contributed by atoms with E-state index in [1.165, 1.54) is 5.56 Å². The highest BCUT2D eigenvalue weighted by Gasteiger charge is 2.39. The highest BCUT2D eigenvalue weighted by Crippen LogP contribution is 2.37. The smallest absolute Gasteiger partial charge is 0.222 e. The van der Waals surface area contributed by atoms with Gasteiger partial charge in [0.15, 0.2) is 5.66 Å². The van der Waals surface area contributed by atoms with Crippen molar-refractivity contribution in [3.63, 3.8) is 0 Å². The lowest BCUT2D eigenvalue weighted by atomic mass is 10.0. The molecule has 0 aromatic heterocycles. The van der Waals surface area contributed by atoms with Crippen molar-refractivity contribution in [1.82, 2.24) is 4.90 Å². The van der Waals surface area contributed by atoms with E-state index in [-0.39, 0.29) is 17.7 Å². The fourth-order valence-corrected chi connectivity index (χ4v) is 3.08. The van der Waals surface area contributed by atoms with E-state index >= 15 is 0 Å². The molecule has 1 saturated heterocycles. The molecule has 0 radical (unpaired) electrons. The maximum atomic E-state index is 12.5. The third-order valence-electron chi connectivity index (χ3n) is 4.59. The van der Waals surface area contributed by atoms with E-state index in [2.05, 4.69) is 28.3 Å². The molecular weight excluding hydrogens is 302 g/mol. The number of rotatable bonds is 7. The van der Waals surface area contributed by atoms with Crippen LogP contribution in [0.4, 0.5) is 0 Å². The van der Waals surface area contributed by atoms with Gasteiger partial charge in [-0.25, -0.2) is 0 Å². The number of hydrogen-bond donors (Lipinski definition) is 0. The predicted molar refractivity (Wildman–Crippen MR) is 91.4 cm³/mol. The van der Waals surface area contributed by atoms with Crippen LogP contribution >= 0.6 is 0 Å². The minimum atomic E-state index is -0.377. The molecule has 5 heteroatoms. The molecule has 5 nitrogen and oxygen atoms in total. The maximum absolute atomic E-state index is 12.5. The molecule has 0 saturated carbocycles. The average Bonchev–Trinajstić information content (AvgIpc) is 3.39. The summed E-state index contributed by atoms with van der Waals surface area (Å²) in [4.78, 5) is 14.4. The normalized spacial score (nSPS) is 21.3. The van der Waals surface area contributed by atoms with Gasteiger partial charge in [0.1, 0.15) is 0 Å². The Balaban J connectivity index is 1.46. The van der Waals surface area contributed by atoms with Gasteiger partial charge in [-0.05, 0) is 5.56 Å². The standard InChI is InChI=1S/C19H23N3O2/c1-2-3-10-19(20-21-19)11-9-18(23)22-12-13-24-17(15-22)14-16-7-5-4-6-8-16/h1,4-8,17H,3,9-15H2. The van der Waals surface area contributed by atoms with E-state index in [4.69, 9.17) is 11.2 Å². The van der Waals surface area contributed by atoms with Crippen LogP contribution in [0.3, 0.4) is 0 Å². The molecule has 0 bridgehead atoms. The first-order valence-electron chi connectivity index (χ1n) is 8.52. The lowest BCUT2D eigenvalue weighted by molar-refractivity contribution is -0.139. The van der Waals surface area contributed by atoms with Gasteiger partial charge in [0.05, 0.1) is 12.7 Å². The number of hydrogen-bond acceptors (Lipinski definition) is 4. The van der Waals surface area contributed by atoms with Gasteiger partial charge < -0.3 is 9.64 Å². The van der Waals surface area contributed by atoms with Crippen molar-refractivity contribution in [3.8, 4) is 12.3 Å². The van der Waals surface area contributed by atoms with Crippen molar-refractivity contribution in [3.05, 3.63) is 35.9 Å². The molecule has 1 fully saturated rings. The number of terminal acetylenes is 1. The largest absolute Gasteiger partial charge is 0.374 e. The van der Waals surface area contributed by atoms with Crippen molar-refractivity contribution in [1.29, 1.82) is 0 Å². The summed E-state index contributed by atoms with van der Waals surface area (Å²) in [5.74, 6) is 2.77. The van der Waals surface area contributed by atoms with E-state index in [1.807, 2.05) is 23.1 Å². The summed E-state index contributed by atoms with van der Waals surface area (Å²) in [7, 11) is 0. The first kappa shape index (κ1) is 16.7. The fourth-order valence-electron chi connectivity index (χ4n) is 3.08. The third kappa shape index (κ3) is 4.42. The van der Waals surface area contributed by atoms with Crippen LogP contribution in [0.2, 0.25) is 0 Å². The number of nitrogens with zero attached hydrogens (tertiary/aromatic N) is 3. The summed E-state index contributed by atoms with van der Waals surface area (Å²) in [5, 5.41) is 8.19. The maximum Gasteiger partial charge on any atom is 0.222 e. The van der Waals surface area contributed by atoms with Crippen molar-refractivity contribution in [2.45, 2.75) is 43.9 Å². The van der Waals surface area contributed by atoms with Gasteiger partial charge in [0, 0.05) is 45.2 Å². The molecule has 24 heavy (non-hydrogen) atoms. The van der Waals surface area contributed by atoms with Crippen LogP contribution in [0.25, 0.3) is 0 Å². The number of carbonyl (C=O) groups is 1. The van der Waals surface area contributed by atoms with Crippen LogP contribution in [0, 0.1) is 12.3 Å². The molecule has 1 atom stereocenters. The lowest BCUT2D eigenvalue weighted by Crippen LogP contribution is -2.46. The summed E-state index contributed by atoms with van der Waals surface area (Å²) in [6, 6.07) is 10.2. The number of ether oxygens (including phenoxy) is 1. The molecule has 3 rings (SSSR count). The number of carbonyl (C=O) groups excluding carboxylic acids is 1. The second-order valence-electron chi connectivity index (χ2n) is 6.41. The Hall–Kier alpha value is -2.19. The monoisotopic (exact) mass is 325 g/mol. The fraction of sp³-hybridized carbons (Fsp3) is 0.526. The molecule has 126 valence electrons. The van der Waals surface area contributed by atoms with Crippen LogP contribution in [0.1, 0.15) is 31.2 Å². The van der Waals surface area contributed by atoms with Crippen LogP contribution in [0.5, 0.6) is 0 Å². The Labute approximate surface area is 143 Å². The molecule has 0 N–H and O–H groups in total. The minimum Gasteiger partial charge on any atom is -0.374 e. The van der Waals surface area contributed by atoms with E-state index in [9.17, 15) is 4.79 Å². The highest BCUT2D eigenvalue weighted by molar-refractivity contribution is 5.76. The third-order valence-corrected chi connectivity index (χ3v) is 4.59. The Morgan fingerprint density at radius 1 is 1.33 bits per heavy atom. The SMILES string of the molecule is C#CCCC1(CCC(=O)N2CCOC(Cc3ccccc3)C2)N=N1. The van der Waals surface area contributed by atoms with Gasteiger partial charge in [0.25, 0.3) is 0 Å². The first-order chi connectivity index (χ1) is 11.7. The second-order valence-corrected chi connectivity index (χ2v) is 6.41. The van der Waals surface area contributed by atoms with E-state index in [0.717, 1.165) is 12.8 Å². The van der Waals surface area contributed by atoms with E-state index in [1.54, 1.807) is 0 Å². The summed E-state index contributed by atoms with van der Waals surface area (Å²) in [6.07, 6.45) is 8.72. The Morgan fingerprint density at radius 2 is 2.12 bits per heavy atom. The van der Waals surface area contributed by atoms with Crippen LogP contribution < -0.4 is 0 Å². The van der Waals surface area contributed by atoms with Crippen molar-refractivity contribution >= 4 is 5.91 Å². The lowest BCUT2D eigenvalue weighted by Gasteiger charge is -2.33. The first-order valence-corrected chi connectivity index (χ1v) is 8.52. The number of morpholine rings is 1. The Morgan fingerprint density at radius 3 is 2.83 bits per heavy atom. The van der Waals surface area contributed by atoms with Crippen LogP contribution in [0.15, 0.2) is 40.6 Å². The minimum absolute atomic E-state index is 0.0656. The summed E-state index contributed by atoms with van der Waals surface area (Å²) >= 11 is 0. The highest BCUT2D eigenvalue weighted by atomic mass is 16.5. The zero-order valence-electron chi connectivity index (χ0n) is 13.9. The average molecular weight is 325 g/mol. The molecule has 0 aliphatic carbocycles. The summed E-state index contributed by atoms with van der Waals surface area (Å²) < 4.78 is 5.82. The second kappa shape index (κ2) is 7.59. The zero-order chi connectivity index (χ0) is 16.8. The van der Waals surface area contributed by atoms with Crippen LogP contribution in [-0.2, 0) is 16.0 Å². The Bertz CT molecular complexity index is 630. The quantitative estimate of drug-likeness (QED) is 0.724. The molecule has 0 spiro atoms.